The molecular formula is C20H22FN3O3. The third-order valence-corrected chi connectivity index (χ3v) is 3.87. The topological polar surface area (TPSA) is 78.5 Å². The van der Waals surface area contributed by atoms with Crippen LogP contribution in [0.1, 0.15) is 24.9 Å². The molecule has 0 aromatic heterocycles. The van der Waals surface area contributed by atoms with Crippen molar-refractivity contribution in [3.8, 4) is 0 Å². The van der Waals surface area contributed by atoms with Gasteiger partial charge in [0.25, 0.3) is 0 Å². The van der Waals surface area contributed by atoms with E-state index in [9.17, 15) is 18.8 Å². The first kappa shape index (κ1) is 20.1. The second-order valence-corrected chi connectivity index (χ2v) is 6.18. The second-order valence-electron chi connectivity index (χ2n) is 6.18. The Bertz CT molecular complexity index is 811. The van der Waals surface area contributed by atoms with E-state index in [0.717, 1.165) is 5.56 Å². The zero-order valence-electron chi connectivity index (χ0n) is 15.2. The van der Waals surface area contributed by atoms with Gasteiger partial charge < -0.3 is 15.5 Å². The van der Waals surface area contributed by atoms with Gasteiger partial charge in [0.05, 0.1) is 19.0 Å². The average molecular weight is 371 g/mol. The summed E-state index contributed by atoms with van der Waals surface area (Å²) in [5.41, 5.74) is 1.12. The van der Waals surface area contributed by atoms with Gasteiger partial charge in [-0.3, -0.25) is 14.4 Å². The highest BCUT2D eigenvalue weighted by atomic mass is 19.1. The van der Waals surface area contributed by atoms with E-state index in [1.165, 1.54) is 37.1 Å². The van der Waals surface area contributed by atoms with Crippen molar-refractivity contribution >= 4 is 23.4 Å². The minimum absolute atomic E-state index is 0.0212. The second kappa shape index (κ2) is 9.47. The van der Waals surface area contributed by atoms with Crippen molar-refractivity contribution in [2.75, 3.05) is 18.9 Å². The zero-order chi connectivity index (χ0) is 19.8. The third kappa shape index (κ3) is 6.54. The Morgan fingerprint density at radius 3 is 2.41 bits per heavy atom. The molecule has 7 heteroatoms. The number of benzene rings is 2. The predicted octanol–water partition coefficient (Wildman–Crippen LogP) is 2.49. The number of halogens is 1. The molecule has 0 bridgehead atoms. The average Bonchev–Trinajstić information content (AvgIpc) is 2.61. The molecule has 0 heterocycles. The van der Waals surface area contributed by atoms with Crippen molar-refractivity contribution in [3.63, 3.8) is 0 Å². The molecule has 2 N–H and O–H groups in total. The van der Waals surface area contributed by atoms with Crippen LogP contribution in [0.3, 0.4) is 0 Å². The quantitative estimate of drug-likeness (QED) is 0.785. The Labute approximate surface area is 157 Å². The van der Waals surface area contributed by atoms with Crippen LogP contribution >= 0.6 is 0 Å². The molecule has 27 heavy (non-hydrogen) atoms. The van der Waals surface area contributed by atoms with E-state index in [4.69, 9.17) is 0 Å². The Morgan fingerprint density at radius 2 is 1.78 bits per heavy atom. The fourth-order valence-corrected chi connectivity index (χ4v) is 2.58. The molecule has 6 nitrogen and oxygen atoms in total. The lowest BCUT2D eigenvalue weighted by atomic mass is 10.0. The predicted molar refractivity (Wildman–Crippen MR) is 100 cm³/mol. The van der Waals surface area contributed by atoms with E-state index < -0.39 is 17.8 Å². The van der Waals surface area contributed by atoms with Gasteiger partial charge in [0.1, 0.15) is 5.82 Å². The smallest absolute Gasteiger partial charge is 0.243 e. The Kier molecular flexibility index (Phi) is 7.05. The van der Waals surface area contributed by atoms with Gasteiger partial charge >= 0.3 is 0 Å². The molecule has 0 aliphatic rings. The summed E-state index contributed by atoms with van der Waals surface area (Å²) in [5.74, 6) is -1.44. The number of anilines is 1. The molecule has 0 aliphatic heterocycles. The first-order valence-electron chi connectivity index (χ1n) is 8.46. The number of likely N-dealkylation sites (N-methyl/N-ethyl adjacent to an activating group) is 1. The van der Waals surface area contributed by atoms with Crippen LogP contribution in [0.2, 0.25) is 0 Å². The first-order chi connectivity index (χ1) is 12.8. The van der Waals surface area contributed by atoms with Crippen LogP contribution in [-0.4, -0.2) is 36.2 Å². The minimum atomic E-state index is -0.482. The monoisotopic (exact) mass is 371 g/mol. The zero-order valence-corrected chi connectivity index (χ0v) is 15.2. The van der Waals surface area contributed by atoms with E-state index in [-0.39, 0.29) is 24.8 Å². The lowest BCUT2D eigenvalue weighted by molar-refractivity contribution is -0.134. The highest BCUT2D eigenvalue weighted by Crippen LogP contribution is 2.17. The van der Waals surface area contributed by atoms with Crippen LogP contribution in [-0.2, 0) is 14.4 Å². The summed E-state index contributed by atoms with van der Waals surface area (Å²) < 4.78 is 13.2. The van der Waals surface area contributed by atoms with Crippen LogP contribution in [0.4, 0.5) is 10.1 Å². The molecule has 0 radical (unpaired) electrons. The van der Waals surface area contributed by atoms with E-state index in [2.05, 4.69) is 10.6 Å². The van der Waals surface area contributed by atoms with Crippen molar-refractivity contribution in [2.24, 2.45) is 0 Å². The van der Waals surface area contributed by atoms with Crippen molar-refractivity contribution in [1.82, 2.24) is 10.2 Å². The molecule has 0 aliphatic carbocycles. The van der Waals surface area contributed by atoms with Gasteiger partial charge in [0, 0.05) is 19.7 Å². The fourth-order valence-electron chi connectivity index (χ4n) is 2.58. The van der Waals surface area contributed by atoms with Crippen LogP contribution < -0.4 is 10.6 Å². The van der Waals surface area contributed by atoms with Crippen molar-refractivity contribution in [2.45, 2.75) is 19.4 Å². The molecule has 142 valence electrons. The Morgan fingerprint density at radius 1 is 1.07 bits per heavy atom. The summed E-state index contributed by atoms with van der Waals surface area (Å²) >= 11 is 0. The van der Waals surface area contributed by atoms with Gasteiger partial charge in [-0.2, -0.15) is 0 Å². The number of nitrogens with zero attached hydrogens (tertiary/aromatic N) is 1. The molecule has 0 fully saturated rings. The Hall–Kier alpha value is -3.22. The lowest BCUT2D eigenvalue weighted by Crippen LogP contribution is -2.38. The van der Waals surface area contributed by atoms with Crippen molar-refractivity contribution in [1.29, 1.82) is 0 Å². The van der Waals surface area contributed by atoms with Gasteiger partial charge in [-0.15, -0.1) is 0 Å². The highest BCUT2D eigenvalue weighted by molar-refractivity contribution is 5.94. The summed E-state index contributed by atoms with van der Waals surface area (Å²) in [5, 5.41) is 5.30. The van der Waals surface area contributed by atoms with Gasteiger partial charge in [0.15, 0.2) is 0 Å². The fraction of sp³-hybridized carbons (Fsp3) is 0.250. The third-order valence-electron chi connectivity index (χ3n) is 3.87. The SMILES string of the molecule is CC(=O)N[C@@H](CC(=O)N(C)CC(=O)Nc1cccc(F)c1)c1ccccc1. The largest absolute Gasteiger partial charge is 0.349 e. The van der Waals surface area contributed by atoms with Crippen LogP contribution in [0.25, 0.3) is 0 Å². The standard InChI is InChI=1S/C20H22FN3O3/c1-14(25)22-18(15-7-4-3-5-8-15)12-20(27)24(2)13-19(26)23-17-10-6-9-16(21)11-17/h3-11,18H,12-13H2,1-2H3,(H,22,25)(H,23,26)/t18-/m0/s1. The van der Waals surface area contributed by atoms with E-state index in [0.29, 0.717) is 5.69 Å². The lowest BCUT2D eigenvalue weighted by Gasteiger charge is -2.22. The first-order valence-corrected chi connectivity index (χ1v) is 8.46. The molecular weight excluding hydrogens is 349 g/mol. The number of hydrogen-bond acceptors (Lipinski definition) is 3. The van der Waals surface area contributed by atoms with Crippen molar-refractivity contribution in [3.05, 3.63) is 66.0 Å². The van der Waals surface area contributed by atoms with E-state index in [1.807, 2.05) is 30.3 Å². The molecule has 0 spiro atoms. The van der Waals surface area contributed by atoms with Gasteiger partial charge in [-0.1, -0.05) is 36.4 Å². The molecule has 0 saturated heterocycles. The van der Waals surface area contributed by atoms with Gasteiger partial charge in [0.2, 0.25) is 17.7 Å². The summed E-state index contributed by atoms with van der Waals surface area (Å²) in [6.45, 7) is 1.20. The molecule has 3 amide bonds. The van der Waals surface area contributed by atoms with Gasteiger partial charge in [-0.25, -0.2) is 4.39 Å². The maximum Gasteiger partial charge on any atom is 0.243 e. The number of nitrogens with one attached hydrogen (secondary N) is 2. The normalized spacial score (nSPS) is 11.4. The molecule has 0 unspecified atom stereocenters. The number of carbonyl (C=O) groups is 3. The summed E-state index contributed by atoms with van der Waals surface area (Å²) in [4.78, 5) is 37.3. The molecule has 0 saturated carbocycles. The van der Waals surface area contributed by atoms with E-state index >= 15 is 0 Å². The van der Waals surface area contributed by atoms with E-state index in [1.54, 1.807) is 6.07 Å². The van der Waals surface area contributed by atoms with Gasteiger partial charge in [-0.05, 0) is 23.8 Å². The molecule has 2 aromatic carbocycles. The Balaban J connectivity index is 1.96. The number of amides is 3. The number of rotatable bonds is 7. The summed E-state index contributed by atoms with van der Waals surface area (Å²) in [7, 11) is 1.50. The summed E-state index contributed by atoms with van der Waals surface area (Å²) in [6.07, 6.45) is 0.0212. The number of hydrogen-bond donors (Lipinski definition) is 2. The molecule has 2 aromatic rings. The van der Waals surface area contributed by atoms with Crippen molar-refractivity contribution < 1.29 is 18.8 Å². The maximum absolute atomic E-state index is 13.2. The maximum atomic E-state index is 13.2. The minimum Gasteiger partial charge on any atom is -0.349 e. The van der Waals surface area contributed by atoms with Crippen LogP contribution in [0, 0.1) is 5.82 Å². The molecule has 2 rings (SSSR count). The molecule has 1 atom stereocenters. The summed E-state index contributed by atoms with van der Waals surface area (Å²) in [6, 6.07) is 14.2. The van der Waals surface area contributed by atoms with Crippen LogP contribution in [0.15, 0.2) is 54.6 Å². The van der Waals surface area contributed by atoms with Crippen LogP contribution in [0.5, 0.6) is 0 Å². The number of carbonyl (C=O) groups excluding carboxylic acids is 3. The highest BCUT2D eigenvalue weighted by Gasteiger charge is 2.20.